The van der Waals surface area contributed by atoms with Crippen molar-refractivity contribution in [1.82, 2.24) is 14.5 Å². The summed E-state index contributed by atoms with van der Waals surface area (Å²) in [4.78, 5) is 7.48. The summed E-state index contributed by atoms with van der Waals surface area (Å²) in [5.74, 6) is 1.14. The minimum Gasteiger partial charge on any atom is -0.351 e. The molecular formula is C17H28N4. The zero-order valence-electron chi connectivity index (χ0n) is 13.2. The highest BCUT2D eigenvalue weighted by atomic mass is 15.3. The van der Waals surface area contributed by atoms with Gasteiger partial charge in [0.05, 0.1) is 5.69 Å². The van der Waals surface area contributed by atoms with Crippen molar-refractivity contribution in [3.05, 3.63) is 11.9 Å². The fraction of sp³-hybridized carbons (Fsp3) is 0.824. The minimum absolute atomic E-state index is 0.604. The average molecular weight is 288 g/mol. The summed E-state index contributed by atoms with van der Waals surface area (Å²) >= 11 is 0. The Morgan fingerprint density at radius 3 is 2.71 bits per heavy atom. The Kier molecular flexibility index (Phi) is 3.66. The molecule has 1 aromatic rings. The van der Waals surface area contributed by atoms with E-state index < -0.39 is 0 Å². The van der Waals surface area contributed by atoms with Gasteiger partial charge in [0.1, 0.15) is 0 Å². The van der Waals surface area contributed by atoms with E-state index in [1.54, 1.807) is 0 Å². The highest BCUT2D eigenvalue weighted by Crippen LogP contribution is 2.34. The van der Waals surface area contributed by atoms with E-state index in [1.165, 1.54) is 64.5 Å². The molecule has 21 heavy (non-hydrogen) atoms. The lowest BCUT2D eigenvalue weighted by atomic mass is 9.99. The predicted octanol–water partition coefficient (Wildman–Crippen LogP) is 3.35. The third-order valence-electron chi connectivity index (χ3n) is 5.74. The Morgan fingerprint density at radius 1 is 1.05 bits per heavy atom. The zero-order chi connectivity index (χ0) is 14.2. The minimum atomic E-state index is 0.604. The number of hydrogen-bond donors (Lipinski definition) is 1. The molecule has 0 aromatic carbocycles. The highest BCUT2D eigenvalue weighted by Gasteiger charge is 2.36. The van der Waals surface area contributed by atoms with Crippen LogP contribution in [0.3, 0.4) is 0 Å². The third kappa shape index (κ3) is 2.59. The lowest BCUT2D eigenvalue weighted by Gasteiger charge is -2.33. The van der Waals surface area contributed by atoms with E-state index in [2.05, 4.69) is 27.9 Å². The summed E-state index contributed by atoms with van der Waals surface area (Å²) in [6, 6.07) is 2.03. The molecule has 116 valence electrons. The van der Waals surface area contributed by atoms with Crippen LogP contribution in [-0.2, 0) is 0 Å². The first-order chi connectivity index (χ1) is 10.3. The summed E-state index contributed by atoms with van der Waals surface area (Å²) in [7, 11) is 0. The van der Waals surface area contributed by atoms with Crippen LogP contribution in [0.5, 0.6) is 0 Å². The lowest BCUT2D eigenvalue weighted by Crippen LogP contribution is -2.42. The summed E-state index contributed by atoms with van der Waals surface area (Å²) in [6.45, 7) is 4.70. The van der Waals surface area contributed by atoms with E-state index in [0.717, 1.165) is 17.7 Å². The molecule has 1 aromatic heterocycles. The van der Waals surface area contributed by atoms with E-state index >= 15 is 0 Å². The van der Waals surface area contributed by atoms with Crippen molar-refractivity contribution in [3.8, 4) is 0 Å². The molecule has 0 amide bonds. The summed E-state index contributed by atoms with van der Waals surface area (Å²) in [6.07, 6.45) is 13.1. The van der Waals surface area contributed by atoms with Gasteiger partial charge < -0.3 is 9.88 Å². The molecule has 1 N–H and O–H groups in total. The SMILES string of the molecule is Cc1cn(C2CCCC2)c(NC2CCN3CCCCC23)n1. The van der Waals surface area contributed by atoms with Gasteiger partial charge in [-0.05, 0) is 45.6 Å². The highest BCUT2D eigenvalue weighted by molar-refractivity contribution is 5.32. The molecule has 1 saturated carbocycles. The molecule has 0 bridgehead atoms. The first-order valence-corrected chi connectivity index (χ1v) is 8.87. The zero-order valence-corrected chi connectivity index (χ0v) is 13.2. The molecule has 4 nitrogen and oxygen atoms in total. The number of aryl methyl sites for hydroxylation is 1. The van der Waals surface area contributed by atoms with Crippen LogP contribution >= 0.6 is 0 Å². The normalized spacial score (nSPS) is 30.7. The molecule has 3 heterocycles. The number of piperidine rings is 1. The van der Waals surface area contributed by atoms with Gasteiger partial charge in [-0.15, -0.1) is 0 Å². The van der Waals surface area contributed by atoms with E-state index in [0.29, 0.717) is 12.1 Å². The van der Waals surface area contributed by atoms with Gasteiger partial charge in [0.2, 0.25) is 5.95 Å². The van der Waals surface area contributed by atoms with Crippen LogP contribution in [0.1, 0.15) is 63.1 Å². The second-order valence-electron chi connectivity index (χ2n) is 7.19. The van der Waals surface area contributed by atoms with Gasteiger partial charge in [-0.25, -0.2) is 4.98 Å². The fourth-order valence-electron chi connectivity index (χ4n) is 4.67. The van der Waals surface area contributed by atoms with Crippen molar-refractivity contribution in [2.45, 2.75) is 76.4 Å². The van der Waals surface area contributed by atoms with Gasteiger partial charge in [0.25, 0.3) is 0 Å². The molecule has 0 spiro atoms. The molecule has 2 aliphatic heterocycles. The van der Waals surface area contributed by atoms with Crippen LogP contribution in [0.25, 0.3) is 0 Å². The van der Waals surface area contributed by atoms with Crippen molar-refractivity contribution in [3.63, 3.8) is 0 Å². The lowest BCUT2D eigenvalue weighted by molar-refractivity contribution is 0.192. The first kappa shape index (κ1) is 13.6. The quantitative estimate of drug-likeness (QED) is 0.926. The molecule has 3 fully saturated rings. The first-order valence-electron chi connectivity index (χ1n) is 8.87. The molecule has 3 aliphatic rings. The van der Waals surface area contributed by atoms with Crippen molar-refractivity contribution in [2.24, 2.45) is 0 Å². The second-order valence-corrected chi connectivity index (χ2v) is 7.19. The van der Waals surface area contributed by atoms with Gasteiger partial charge in [-0.3, -0.25) is 4.90 Å². The van der Waals surface area contributed by atoms with Gasteiger partial charge >= 0.3 is 0 Å². The predicted molar refractivity (Wildman–Crippen MR) is 85.7 cm³/mol. The van der Waals surface area contributed by atoms with Crippen LogP contribution < -0.4 is 5.32 Å². The van der Waals surface area contributed by atoms with Crippen molar-refractivity contribution in [1.29, 1.82) is 0 Å². The maximum atomic E-state index is 4.79. The Labute approximate surface area is 127 Å². The van der Waals surface area contributed by atoms with Crippen LogP contribution in [0.15, 0.2) is 6.20 Å². The number of nitrogens with one attached hydrogen (secondary N) is 1. The van der Waals surface area contributed by atoms with E-state index in [4.69, 9.17) is 4.98 Å². The number of hydrogen-bond acceptors (Lipinski definition) is 3. The van der Waals surface area contributed by atoms with Crippen LogP contribution in [-0.4, -0.2) is 39.6 Å². The van der Waals surface area contributed by atoms with Crippen LogP contribution in [0, 0.1) is 6.92 Å². The monoisotopic (exact) mass is 288 g/mol. The number of nitrogens with zero attached hydrogens (tertiary/aromatic N) is 3. The number of rotatable bonds is 3. The standard InChI is InChI=1S/C17H28N4/c1-13-12-21(14-6-2-3-7-14)17(18-13)19-15-9-11-20-10-5-4-8-16(15)20/h12,14-16H,2-11H2,1H3,(H,18,19). The summed E-state index contributed by atoms with van der Waals surface area (Å²) in [5, 5.41) is 3.82. The van der Waals surface area contributed by atoms with Gasteiger partial charge in [-0.1, -0.05) is 19.3 Å². The van der Waals surface area contributed by atoms with Crippen molar-refractivity contribution >= 4 is 5.95 Å². The van der Waals surface area contributed by atoms with Crippen LogP contribution in [0.2, 0.25) is 0 Å². The molecule has 4 rings (SSSR count). The fourth-order valence-corrected chi connectivity index (χ4v) is 4.67. The number of imidazole rings is 1. The maximum Gasteiger partial charge on any atom is 0.203 e. The van der Waals surface area contributed by atoms with Gasteiger partial charge in [0, 0.05) is 30.9 Å². The van der Waals surface area contributed by atoms with E-state index in [1.807, 2.05) is 0 Å². The van der Waals surface area contributed by atoms with Gasteiger partial charge in [0.15, 0.2) is 0 Å². The summed E-state index contributed by atoms with van der Waals surface area (Å²) < 4.78 is 2.44. The average Bonchev–Trinajstić information content (AvgIpc) is 3.20. The Hall–Kier alpha value is -1.03. The number of anilines is 1. The molecule has 0 radical (unpaired) electrons. The van der Waals surface area contributed by atoms with Crippen LogP contribution in [0.4, 0.5) is 5.95 Å². The number of aromatic nitrogens is 2. The Bertz CT molecular complexity index is 489. The largest absolute Gasteiger partial charge is 0.351 e. The second kappa shape index (κ2) is 5.64. The Morgan fingerprint density at radius 2 is 1.86 bits per heavy atom. The smallest absolute Gasteiger partial charge is 0.203 e. The molecular weight excluding hydrogens is 260 g/mol. The van der Waals surface area contributed by atoms with E-state index in [-0.39, 0.29) is 0 Å². The van der Waals surface area contributed by atoms with E-state index in [9.17, 15) is 0 Å². The van der Waals surface area contributed by atoms with Crippen molar-refractivity contribution < 1.29 is 0 Å². The van der Waals surface area contributed by atoms with Gasteiger partial charge in [-0.2, -0.15) is 0 Å². The topological polar surface area (TPSA) is 33.1 Å². The molecule has 2 unspecified atom stereocenters. The maximum absolute atomic E-state index is 4.79. The van der Waals surface area contributed by atoms with Crippen molar-refractivity contribution in [2.75, 3.05) is 18.4 Å². The molecule has 4 heteroatoms. The molecule has 2 saturated heterocycles. The number of fused-ring (bicyclic) bond motifs is 1. The Balaban J connectivity index is 1.51. The summed E-state index contributed by atoms with van der Waals surface area (Å²) in [5.41, 5.74) is 1.16. The third-order valence-corrected chi connectivity index (χ3v) is 5.74. The molecule has 2 atom stereocenters. The molecule has 1 aliphatic carbocycles.